The Morgan fingerprint density at radius 2 is 2.24 bits per heavy atom. The number of nitrogens with two attached hydrogens (primary N) is 2. The first-order valence-corrected chi connectivity index (χ1v) is 6.65. The fourth-order valence-corrected chi connectivity index (χ4v) is 2.06. The molecule has 2 rings (SSSR count). The number of aryl methyl sites for hydroxylation is 1. The van der Waals surface area contributed by atoms with E-state index in [0.717, 1.165) is 24.7 Å². The second kappa shape index (κ2) is 6.30. The quantitative estimate of drug-likeness (QED) is 0.713. The van der Waals surface area contributed by atoms with E-state index in [9.17, 15) is 9.18 Å². The fraction of sp³-hybridized carbons (Fsp3) is 0.267. The first kappa shape index (κ1) is 14.9. The zero-order chi connectivity index (χ0) is 15.4. The van der Waals surface area contributed by atoms with Gasteiger partial charge in [0.1, 0.15) is 11.6 Å². The number of rotatable bonds is 6. The van der Waals surface area contributed by atoms with E-state index in [1.807, 2.05) is 19.1 Å². The van der Waals surface area contributed by atoms with Gasteiger partial charge in [0.15, 0.2) is 0 Å². The molecule has 5 N–H and O–H groups in total. The van der Waals surface area contributed by atoms with Crippen LogP contribution in [0.25, 0.3) is 0 Å². The second-order valence-electron chi connectivity index (χ2n) is 4.95. The van der Waals surface area contributed by atoms with E-state index in [4.69, 9.17) is 15.9 Å². The zero-order valence-electron chi connectivity index (χ0n) is 11.7. The SMILES string of the molecule is CC(CCc1ccco1)Nc1cc(C(N)=O)c(N)cc1F. The van der Waals surface area contributed by atoms with Gasteiger partial charge in [-0.05, 0) is 37.6 Å². The molecule has 0 aliphatic carbocycles. The van der Waals surface area contributed by atoms with E-state index in [1.54, 1.807) is 6.26 Å². The molecule has 1 unspecified atom stereocenters. The minimum absolute atomic E-state index is 0.00560. The Morgan fingerprint density at radius 3 is 2.86 bits per heavy atom. The van der Waals surface area contributed by atoms with Gasteiger partial charge in [0.2, 0.25) is 0 Å². The van der Waals surface area contributed by atoms with Gasteiger partial charge in [0.25, 0.3) is 5.91 Å². The predicted molar refractivity (Wildman–Crippen MR) is 79.4 cm³/mol. The van der Waals surface area contributed by atoms with E-state index >= 15 is 0 Å². The van der Waals surface area contributed by atoms with Gasteiger partial charge in [-0.2, -0.15) is 0 Å². The summed E-state index contributed by atoms with van der Waals surface area (Å²) in [5.41, 5.74) is 11.1. The molecule has 0 spiro atoms. The van der Waals surface area contributed by atoms with Gasteiger partial charge in [0.05, 0.1) is 17.5 Å². The van der Waals surface area contributed by atoms with Crippen LogP contribution in [0.5, 0.6) is 0 Å². The Balaban J connectivity index is 2.04. The lowest BCUT2D eigenvalue weighted by Crippen LogP contribution is -2.19. The fourth-order valence-electron chi connectivity index (χ4n) is 2.06. The van der Waals surface area contributed by atoms with Crippen molar-refractivity contribution in [2.45, 2.75) is 25.8 Å². The molecule has 1 atom stereocenters. The van der Waals surface area contributed by atoms with Gasteiger partial charge in [-0.3, -0.25) is 4.79 Å². The standard InChI is InChI=1S/C15H18FN3O2/c1-9(4-5-10-3-2-6-21-10)19-14-7-11(15(18)20)13(17)8-12(14)16/h2-3,6-9,19H,4-5,17H2,1H3,(H2,18,20). The highest BCUT2D eigenvalue weighted by atomic mass is 19.1. The highest BCUT2D eigenvalue weighted by Gasteiger charge is 2.13. The molecule has 1 aromatic carbocycles. The molecule has 0 radical (unpaired) electrons. The Labute approximate surface area is 122 Å². The summed E-state index contributed by atoms with van der Waals surface area (Å²) in [7, 11) is 0. The van der Waals surface area contributed by atoms with Gasteiger partial charge in [-0.15, -0.1) is 0 Å². The number of anilines is 2. The summed E-state index contributed by atoms with van der Waals surface area (Å²) in [5, 5.41) is 3.02. The minimum atomic E-state index is -0.682. The third kappa shape index (κ3) is 3.75. The van der Waals surface area contributed by atoms with Gasteiger partial charge >= 0.3 is 0 Å². The van der Waals surface area contributed by atoms with Crippen molar-refractivity contribution in [3.63, 3.8) is 0 Å². The van der Waals surface area contributed by atoms with E-state index < -0.39 is 11.7 Å². The topological polar surface area (TPSA) is 94.3 Å². The molecule has 0 saturated carbocycles. The lowest BCUT2D eigenvalue weighted by molar-refractivity contribution is 0.100. The number of carbonyl (C=O) groups excluding carboxylic acids is 1. The third-order valence-corrected chi connectivity index (χ3v) is 3.21. The molecule has 21 heavy (non-hydrogen) atoms. The molecular formula is C15H18FN3O2. The largest absolute Gasteiger partial charge is 0.469 e. The first-order valence-electron chi connectivity index (χ1n) is 6.65. The summed E-state index contributed by atoms with van der Waals surface area (Å²) in [6.07, 6.45) is 3.11. The van der Waals surface area contributed by atoms with Crippen molar-refractivity contribution in [3.05, 3.63) is 47.7 Å². The number of halogens is 1. The van der Waals surface area contributed by atoms with Gasteiger partial charge in [-0.1, -0.05) is 0 Å². The highest BCUT2D eigenvalue weighted by Crippen LogP contribution is 2.23. The minimum Gasteiger partial charge on any atom is -0.469 e. The summed E-state index contributed by atoms with van der Waals surface area (Å²) in [4.78, 5) is 11.2. The molecule has 0 aliphatic heterocycles. The molecule has 0 saturated heterocycles. The zero-order valence-corrected chi connectivity index (χ0v) is 11.7. The first-order chi connectivity index (χ1) is 9.97. The Morgan fingerprint density at radius 1 is 1.48 bits per heavy atom. The van der Waals surface area contributed by atoms with Gasteiger partial charge in [0, 0.05) is 18.2 Å². The number of carbonyl (C=O) groups is 1. The normalized spacial score (nSPS) is 12.1. The Hall–Kier alpha value is -2.50. The average Bonchev–Trinajstić information content (AvgIpc) is 2.92. The lowest BCUT2D eigenvalue weighted by atomic mass is 10.1. The second-order valence-corrected chi connectivity index (χ2v) is 4.95. The lowest BCUT2D eigenvalue weighted by Gasteiger charge is -2.16. The number of nitrogens with one attached hydrogen (secondary N) is 1. The van der Waals surface area contributed by atoms with E-state index in [1.165, 1.54) is 6.07 Å². The predicted octanol–water partition coefficient (Wildman–Crippen LogP) is 2.53. The molecule has 0 aliphatic rings. The van der Waals surface area contributed by atoms with E-state index in [2.05, 4.69) is 5.32 Å². The number of primary amides is 1. The van der Waals surface area contributed by atoms with Crippen LogP contribution in [0.15, 0.2) is 34.9 Å². The Kier molecular flexibility index (Phi) is 4.47. The van der Waals surface area contributed by atoms with Crippen molar-refractivity contribution in [1.82, 2.24) is 0 Å². The number of nitrogen functional groups attached to an aromatic ring is 1. The van der Waals surface area contributed by atoms with E-state index in [0.29, 0.717) is 0 Å². The monoisotopic (exact) mass is 291 g/mol. The van der Waals surface area contributed by atoms with Crippen molar-refractivity contribution in [2.75, 3.05) is 11.1 Å². The molecule has 1 amide bonds. The summed E-state index contributed by atoms with van der Waals surface area (Å²) < 4.78 is 19.1. The van der Waals surface area contributed by atoms with Crippen LogP contribution in [0.2, 0.25) is 0 Å². The van der Waals surface area contributed by atoms with Crippen LogP contribution >= 0.6 is 0 Å². The number of hydrogen-bond acceptors (Lipinski definition) is 4. The van der Waals surface area contributed by atoms with Crippen LogP contribution < -0.4 is 16.8 Å². The number of hydrogen-bond donors (Lipinski definition) is 3. The molecular weight excluding hydrogens is 273 g/mol. The molecule has 0 bridgehead atoms. The van der Waals surface area contributed by atoms with E-state index in [-0.39, 0.29) is 23.0 Å². The summed E-state index contributed by atoms with van der Waals surface area (Å²) in [6, 6.07) is 6.15. The molecule has 5 nitrogen and oxygen atoms in total. The van der Waals surface area contributed by atoms with Crippen LogP contribution in [0.3, 0.4) is 0 Å². The highest BCUT2D eigenvalue weighted by molar-refractivity contribution is 5.99. The van der Waals surface area contributed by atoms with Gasteiger partial charge in [-0.25, -0.2) is 4.39 Å². The summed E-state index contributed by atoms with van der Waals surface area (Å²) in [6.45, 7) is 1.92. The van der Waals surface area contributed by atoms with Crippen molar-refractivity contribution in [2.24, 2.45) is 5.73 Å². The van der Waals surface area contributed by atoms with Crippen LogP contribution in [0.4, 0.5) is 15.8 Å². The van der Waals surface area contributed by atoms with Crippen molar-refractivity contribution < 1.29 is 13.6 Å². The van der Waals surface area contributed by atoms with Crippen molar-refractivity contribution in [1.29, 1.82) is 0 Å². The van der Waals surface area contributed by atoms with Crippen LogP contribution in [0.1, 0.15) is 29.5 Å². The molecule has 1 aromatic heterocycles. The van der Waals surface area contributed by atoms with Crippen LogP contribution in [0, 0.1) is 5.82 Å². The smallest absolute Gasteiger partial charge is 0.250 e. The van der Waals surface area contributed by atoms with Gasteiger partial charge < -0.3 is 21.2 Å². The maximum atomic E-state index is 13.9. The number of amides is 1. The average molecular weight is 291 g/mol. The number of furan rings is 1. The molecule has 0 fully saturated rings. The summed E-state index contributed by atoms with van der Waals surface area (Å²) >= 11 is 0. The van der Waals surface area contributed by atoms with Crippen molar-refractivity contribution >= 4 is 17.3 Å². The Bertz CT molecular complexity index is 626. The molecule has 2 aromatic rings. The molecule has 1 heterocycles. The maximum absolute atomic E-state index is 13.9. The maximum Gasteiger partial charge on any atom is 0.250 e. The third-order valence-electron chi connectivity index (χ3n) is 3.21. The molecule has 6 heteroatoms. The van der Waals surface area contributed by atoms with Crippen molar-refractivity contribution in [3.8, 4) is 0 Å². The van der Waals surface area contributed by atoms with Crippen LogP contribution in [-0.4, -0.2) is 11.9 Å². The van der Waals surface area contributed by atoms with Crippen LogP contribution in [-0.2, 0) is 6.42 Å². The molecule has 112 valence electrons. The number of benzene rings is 1. The summed E-state index contributed by atoms with van der Waals surface area (Å²) in [5.74, 6) is -0.319.